The lowest BCUT2D eigenvalue weighted by Gasteiger charge is -2.45. The number of nitrogens with zero attached hydrogens (tertiary/aromatic N) is 1. The van der Waals surface area contributed by atoms with E-state index in [-0.39, 0.29) is 17.7 Å². The Bertz CT molecular complexity index is 1150. The average molecular weight is 554 g/mol. The second-order valence-corrected chi connectivity index (χ2v) is 11.9. The molecule has 0 saturated heterocycles. The lowest BCUT2D eigenvalue weighted by Crippen LogP contribution is -2.60. The monoisotopic (exact) mass is 553 g/mol. The van der Waals surface area contributed by atoms with Gasteiger partial charge in [0.2, 0.25) is 5.91 Å². The zero-order chi connectivity index (χ0) is 30.3. The van der Waals surface area contributed by atoms with Crippen LogP contribution in [0.2, 0.25) is 0 Å². The fraction of sp³-hybridized carbons (Fsp3) is 0.531. The molecule has 0 aromatic heterocycles. The van der Waals surface area contributed by atoms with E-state index in [0.717, 1.165) is 5.56 Å². The molecule has 2 N–H and O–H groups in total. The first kappa shape index (κ1) is 32.7. The molecular formula is C32H47N3O5. The molecule has 3 unspecified atom stereocenters. The summed E-state index contributed by atoms with van der Waals surface area (Å²) in [6.07, 6.45) is 0.548. The topological polar surface area (TPSA) is 97.0 Å². The van der Waals surface area contributed by atoms with Gasteiger partial charge in [-0.05, 0) is 89.3 Å². The number of nitrogens with one attached hydrogen (secondary N) is 2. The van der Waals surface area contributed by atoms with Crippen LogP contribution in [-0.2, 0) is 14.3 Å². The number of anilines is 1. The Hall–Kier alpha value is -3.55. The first-order valence-corrected chi connectivity index (χ1v) is 14.0. The maximum atomic E-state index is 14.6. The van der Waals surface area contributed by atoms with Crippen LogP contribution in [0.5, 0.6) is 5.75 Å². The SMILES string of the molecule is CCC(C)C(NC(=O)OC(C)(C)C)C(=O)N(C(C(=O)Nc1ccc(OC)cc1)c1ccccc1C)C(C)(C)CC. The van der Waals surface area contributed by atoms with E-state index < -0.39 is 29.3 Å². The van der Waals surface area contributed by atoms with Crippen molar-refractivity contribution in [3.8, 4) is 5.75 Å². The van der Waals surface area contributed by atoms with Gasteiger partial charge in [0.1, 0.15) is 23.4 Å². The first-order chi connectivity index (χ1) is 18.6. The van der Waals surface area contributed by atoms with Crippen molar-refractivity contribution in [2.45, 2.75) is 98.4 Å². The summed E-state index contributed by atoms with van der Waals surface area (Å²) in [6, 6.07) is 12.8. The van der Waals surface area contributed by atoms with Crippen LogP contribution in [0.3, 0.4) is 0 Å². The number of carbonyl (C=O) groups excluding carboxylic acids is 3. The van der Waals surface area contributed by atoms with Crippen LogP contribution in [0.4, 0.5) is 10.5 Å². The molecule has 0 fully saturated rings. The van der Waals surface area contributed by atoms with E-state index in [9.17, 15) is 14.4 Å². The zero-order valence-corrected chi connectivity index (χ0v) is 25.8. The molecule has 0 saturated carbocycles. The summed E-state index contributed by atoms with van der Waals surface area (Å²) in [7, 11) is 1.58. The molecule has 0 radical (unpaired) electrons. The molecule has 2 rings (SSSR count). The normalized spacial score (nSPS) is 13.9. The summed E-state index contributed by atoms with van der Waals surface area (Å²) in [6.45, 7) is 17.0. The van der Waals surface area contributed by atoms with Crippen molar-refractivity contribution in [2.24, 2.45) is 5.92 Å². The number of hydrogen-bond donors (Lipinski definition) is 2. The Labute approximate surface area is 239 Å². The number of ether oxygens (including phenoxy) is 2. The second kappa shape index (κ2) is 13.7. The van der Waals surface area contributed by atoms with E-state index in [0.29, 0.717) is 29.8 Å². The highest BCUT2D eigenvalue weighted by Crippen LogP contribution is 2.35. The van der Waals surface area contributed by atoms with Crippen molar-refractivity contribution in [1.29, 1.82) is 0 Å². The largest absolute Gasteiger partial charge is 0.497 e. The van der Waals surface area contributed by atoms with Crippen LogP contribution < -0.4 is 15.4 Å². The molecule has 0 aliphatic heterocycles. The van der Waals surface area contributed by atoms with Crippen molar-refractivity contribution < 1.29 is 23.9 Å². The third kappa shape index (κ3) is 8.47. The van der Waals surface area contributed by atoms with Crippen LogP contribution in [0, 0.1) is 12.8 Å². The summed E-state index contributed by atoms with van der Waals surface area (Å²) < 4.78 is 10.8. The molecule has 3 amide bonds. The van der Waals surface area contributed by atoms with Gasteiger partial charge in [0.15, 0.2) is 0 Å². The first-order valence-electron chi connectivity index (χ1n) is 14.0. The summed E-state index contributed by atoms with van der Waals surface area (Å²) in [4.78, 5) is 43.2. The molecule has 220 valence electrons. The highest BCUT2D eigenvalue weighted by atomic mass is 16.6. The summed E-state index contributed by atoms with van der Waals surface area (Å²) >= 11 is 0. The van der Waals surface area contributed by atoms with Gasteiger partial charge >= 0.3 is 6.09 Å². The van der Waals surface area contributed by atoms with E-state index in [1.807, 2.05) is 65.8 Å². The van der Waals surface area contributed by atoms with E-state index >= 15 is 0 Å². The minimum atomic E-state index is -0.960. The molecule has 2 aromatic carbocycles. The van der Waals surface area contributed by atoms with E-state index in [1.54, 1.807) is 57.0 Å². The third-order valence-corrected chi connectivity index (χ3v) is 7.25. The van der Waals surface area contributed by atoms with E-state index in [1.165, 1.54) is 0 Å². The predicted octanol–water partition coefficient (Wildman–Crippen LogP) is 6.64. The van der Waals surface area contributed by atoms with Gasteiger partial charge in [-0.1, -0.05) is 51.5 Å². The number of carbonyl (C=O) groups is 3. The van der Waals surface area contributed by atoms with Crippen molar-refractivity contribution in [3.63, 3.8) is 0 Å². The van der Waals surface area contributed by atoms with Crippen molar-refractivity contribution in [2.75, 3.05) is 12.4 Å². The number of alkyl carbamates (subject to hydrolysis) is 1. The average Bonchev–Trinajstić information content (AvgIpc) is 2.89. The summed E-state index contributed by atoms with van der Waals surface area (Å²) in [5.74, 6) is -0.237. The minimum Gasteiger partial charge on any atom is -0.497 e. The van der Waals surface area contributed by atoms with Crippen LogP contribution in [0.1, 0.15) is 85.4 Å². The standard InChI is InChI=1S/C32H47N3O5/c1-11-21(3)26(34-30(38)40-31(5,6)7)29(37)35(32(8,9)12-2)27(25-16-14-13-15-22(25)4)28(36)33-23-17-19-24(39-10)20-18-23/h13-21,26-27H,11-12H2,1-10H3,(H,33,36)(H,34,38). The van der Waals surface area contributed by atoms with Gasteiger partial charge in [0.25, 0.3) is 5.91 Å². The van der Waals surface area contributed by atoms with Crippen molar-refractivity contribution in [3.05, 3.63) is 59.7 Å². The van der Waals surface area contributed by atoms with Gasteiger partial charge in [-0.3, -0.25) is 9.59 Å². The van der Waals surface area contributed by atoms with Gasteiger partial charge in [0.05, 0.1) is 7.11 Å². The predicted molar refractivity (Wildman–Crippen MR) is 159 cm³/mol. The van der Waals surface area contributed by atoms with Gasteiger partial charge < -0.3 is 25.0 Å². The van der Waals surface area contributed by atoms with Crippen LogP contribution in [-0.4, -0.2) is 47.1 Å². The fourth-order valence-corrected chi connectivity index (χ4v) is 4.39. The summed E-state index contributed by atoms with van der Waals surface area (Å²) in [5, 5.41) is 5.83. The Kier molecular flexibility index (Phi) is 11.2. The molecule has 0 aliphatic rings. The fourth-order valence-electron chi connectivity index (χ4n) is 4.39. The molecular weight excluding hydrogens is 506 g/mol. The number of benzene rings is 2. The Balaban J connectivity index is 2.65. The van der Waals surface area contributed by atoms with Gasteiger partial charge in [-0.15, -0.1) is 0 Å². The van der Waals surface area contributed by atoms with E-state index in [2.05, 4.69) is 10.6 Å². The molecule has 8 heteroatoms. The maximum Gasteiger partial charge on any atom is 0.408 e. The lowest BCUT2D eigenvalue weighted by molar-refractivity contribution is -0.148. The van der Waals surface area contributed by atoms with Crippen molar-refractivity contribution in [1.82, 2.24) is 10.2 Å². The number of methoxy groups -OCH3 is 1. The number of amides is 3. The molecule has 2 aromatic rings. The third-order valence-electron chi connectivity index (χ3n) is 7.25. The Morgan fingerprint density at radius 2 is 1.55 bits per heavy atom. The molecule has 0 aliphatic carbocycles. The Morgan fingerprint density at radius 3 is 2.05 bits per heavy atom. The zero-order valence-electron chi connectivity index (χ0n) is 25.8. The smallest absolute Gasteiger partial charge is 0.408 e. The number of hydrogen-bond acceptors (Lipinski definition) is 5. The maximum absolute atomic E-state index is 14.6. The van der Waals surface area contributed by atoms with Gasteiger partial charge in [-0.2, -0.15) is 0 Å². The summed E-state index contributed by atoms with van der Waals surface area (Å²) in [5.41, 5.74) is 0.710. The highest BCUT2D eigenvalue weighted by molar-refractivity contribution is 5.99. The molecule has 0 bridgehead atoms. The van der Waals surface area contributed by atoms with Gasteiger partial charge in [-0.25, -0.2) is 4.79 Å². The molecule has 0 heterocycles. The number of aryl methyl sites for hydroxylation is 1. The molecule has 40 heavy (non-hydrogen) atoms. The second-order valence-electron chi connectivity index (χ2n) is 11.9. The van der Waals surface area contributed by atoms with Gasteiger partial charge in [0, 0.05) is 11.2 Å². The quantitative estimate of drug-likeness (QED) is 0.325. The van der Waals surface area contributed by atoms with Crippen molar-refractivity contribution >= 4 is 23.6 Å². The molecule has 8 nitrogen and oxygen atoms in total. The van der Waals surface area contributed by atoms with Crippen LogP contribution in [0.15, 0.2) is 48.5 Å². The lowest BCUT2D eigenvalue weighted by atomic mass is 9.88. The molecule has 3 atom stereocenters. The van der Waals surface area contributed by atoms with Crippen LogP contribution in [0.25, 0.3) is 0 Å². The highest BCUT2D eigenvalue weighted by Gasteiger charge is 2.44. The number of rotatable bonds is 11. The Morgan fingerprint density at radius 1 is 0.950 bits per heavy atom. The minimum absolute atomic E-state index is 0.211. The molecule has 0 spiro atoms. The van der Waals surface area contributed by atoms with E-state index in [4.69, 9.17) is 9.47 Å². The van der Waals surface area contributed by atoms with Crippen LogP contribution >= 0.6 is 0 Å².